The lowest BCUT2D eigenvalue weighted by atomic mass is 10.1. The van der Waals surface area contributed by atoms with Crippen LogP contribution in [0.5, 0.6) is 0 Å². The van der Waals surface area contributed by atoms with Crippen LogP contribution >= 0.6 is 0 Å². The highest BCUT2D eigenvalue weighted by Gasteiger charge is 2.29. The molecular formula is C9H13N3O2. The first-order valence-electron chi connectivity index (χ1n) is 4.72. The van der Waals surface area contributed by atoms with Crippen LogP contribution < -0.4 is 0 Å². The highest BCUT2D eigenvalue weighted by atomic mass is 16.5. The van der Waals surface area contributed by atoms with Crippen molar-refractivity contribution in [3.05, 3.63) is 11.7 Å². The number of rotatable bonds is 1. The number of carbonyl (C=O) groups excluding carboxylic acids is 1. The molecule has 1 saturated heterocycles. The van der Waals surface area contributed by atoms with Gasteiger partial charge in [-0.05, 0) is 13.3 Å². The second-order valence-electron chi connectivity index (χ2n) is 3.63. The Balaban J connectivity index is 2.05. The van der Waals surface area contributed by atoms with E-state index in [9.17, 15) is 4.79 Å². The van der Waals surface area contributed by atoms with E-state index < -0.39 is 0 Å². The average Bonchev–Trinajstić information content (AvgIpc) is 2.70. The van der Waals surface area contributed by atoms with Crippen LogP contribution in [0.4, 0.5) is 0 Å². The van der Waals surface area contributed by atoms with Gasteiger partial charge in [0.2, 0.25) is 11.8 Å². The van der Waals surface area contributed by atoms with Crippen LogP contribution in [0, 0.1) is 6.92 Å². The minimum absolute atomic E-state index is 0.115. The minimum Gasteiger partial charge on any atom is -0.342 e. The van der Waals surface area contributed by atoms with Gasteiger partial charge in [0.15, 0.2) is 5.82 Å². The Hall–Kier alpha value is -1.39. The van der Waals surface area contributed by atoms with Crippen molar-refractivity contribution in [3.63, 3.8) is 0 Å². The van der Waals surface area contributed by atoms with Gasteiger partial charge in [0.25, 0.3) is 0 Å². The Morgan fingerprint density at radius 3 is 2.93 bits per heavy atom. The second-order valence-corrected chi connectivity index (χ2v) is 3.63. The zero-order valence-corrected chi connectivity index (χ0v) is 8.36. The molecule has 0 radical (unpaired) electrons. The molecule has 5 nitrogen and oxygen atoms in total. The molecule has 0 bridgehead atoms. The summed E-state index contributed by atoms with van der Waals surface area (Å²) >= 11 is 0. The normalized spacial score (nSPS) is 21.6. The summed E-state index contributed by atoms with van der Waals surface area (Å²) in [6.07, 6.45) is 0.918. The smallest absolute Gasteiger partial charge is 0.231 e. The summed E-state index contributed by atoms with van der Waals surface area (Å²) in [5, 5.41) is 3.74. The van der Waals surface area contributed by atoms with Crippen LogP contribution in [0.25, 0.3) is 0 Å². The van der Waals surface area contributed by atoms with E-state index >= 15 is 0 Å². The molecular weight excluding hydrogens is 182 g/mol. The first kappa shape index (κ1) is 9.18. The van der Waals surface area contributed by atoms with Crippen molar-refractivity contribution >= 4 is 5.91 Å². The van der Waals surface area contributed by atoms with Crippen LogP contribution in [-0.4, -0.2) is 34.0 Å². The molecule has 5 heteroatoms. The van der Waals surface area contributed by atoms with Crippen molar-refractivity contribution in [3.8, 4) is 0 Å². The summed E-state index contributed by atoms with van der Waals surface area (Å²) in [5.74, 6) is 1.65. The minimum atomic E-state index is 0.115. The summed E-state index contributed by atoms with van der Waals surface area (Å²) in [4.78, 5) is 17.1. The molecule has 1 aromatic rings. The lowest BCUT2D eigenvalue weighted by molar-refractivity contribution is -0.127. The fourth-order valence-electron chi connectivity index (χ4n) is 1.73. The SMILES string of the molecule is CC(=O)N1CCC(c2nc(C)no2)C1. The van der Waals surface area contributed by atoms with E-state index in [4.69, 9.17) is 4.52 Å². The van der Waals surface area contributed by atoms with Crippen LogP contribution in [0.15, 0.2) is 4.52 Å². The van der Waals surface area contributed by atoms with Crippen LogP contribution in [0.3, 0.4) is 0 Å². The summed E-state index contributed by atoms with van der Waals surface area (Å²) in [7, 11) is 0. The third-order valence-corrected chi connectivity index (χ3v) is 2.53. The highest BCUT2D eigenvalue weighted by molar-refractivity contribution is 5.73. The Bertz CT molecular complexity index is 348. The Kier molecular flexibility index (Phi) is 2.23. The number of nitrogens with zero attached hydrogens (tertiary/aromatic N) is 3. The molecule has 0 N–H and O–H groups in total. The van der Waals surface area contributed by atoms with Crippen LogP contribution in [-0.2, 0) is 4.79 Å². The van der Waals surface area contributed by atoms with E-state index in [2.05, 4.69) is 10.1 Å². The van der Waals surface area contributed by atoms with Gasteiger partial charge >= 0.3 is 0 Å². The standard InChI is InChI=1S/C9H13N3O2/c1-6-10-9(14-11-6)8-3-4-12(5-8)7(2)13/h8H,3-5H2,1-2H3. The van der Waals surface area contributed by atoms with Crippen molar-refractivity contribution in [2.75, 3.05) is 13.1 Å². The fourth-order valence-corrected chi connectivity index (χ4v) is 1.73. The predicted octanol–water partition coefficient (Wildman–Crippen LogP) is 0.714. The van der Waals surface area contributed by atoms with Gasteiger partial charge in [-0.2, -0.15) is 4.98 Å². The first-order chi connectivity index (χ1) is 6.66. The maximum atomic E-state index is 11.1. The maximum Gasteiger partial charge on any atom is 0.231 e. The van der Waals surface area contributed by atoms with Gasteiger partial charge < -0.3 is 9.42 Å². The third kappa shape index (κ3) is 1.62. The molecule has 1 fully saturated rings. The van der Waals surface area contributed by atoms with Crippen molar-refractivity contribution in [2.24, 2.45) is 0 Å². The van der Waals surface area contributed by atoms with E-state index in [-0.39, 0.29) is 11.8 Å². The van der Waals surface area contributed by atoms with Crippen molar-refractivity contribution < 1.29 is 9.32 Å². The van der Waals surface area contributed by atoms with E-state index in [0.29, 0.717) is 18.3 Å². The van der Waals surface area contributed by atoms with Gasteiger partial charge in [-0.1, -0.05) is 5.16 Å². The van der Waals surface area contributed by atoms with E-state index in [0.717, 1.165) is 13.0 Å². The third-order valence-electron chi connectivity index (χ3n) is 2.53. The van der Waals surface area contributed by atoms with Gasteiger partial charge in [-0.3, -0.25) is 4.79 Å². The molecule has 76 valence electrons. The molecule has 1 amide bonds. The van der Waals surface area contributed by atoms with Gasteiger partial charge in [0.1, 0.15) is 0 Å². The lowest BCUT2D eigenvalue weighted by Gasteiger charge is -2.11. The number of hydrogen-bond donors (Lipinski definition) is 0. The number of aryl methyl sites for hydroxylation is 1. The first-order valence-corrected chi connectivity index (χ1v) is 4.72. The molecule has 2 heterocycles. The Morgan fingerprint density at radius 1 is 1.64 bits per heavy atom. The number of likely N-dealkylation sites (tertiary alicyclic amines) is 1. The molecule has 0 saturated carbocycles. The topological polar surface area (TPSA) is 59.2 Å². The van der Waals surface area contributed by atoms with Gasteiger partial charge in [-0.25, -0.2) is 0 Å². The predicted molar refractivity (Wildman–Crippen MR) is 48.6 cm³/mol. The Morgan fingerprint density at radius 2 is 2.43 bits per heavy atom. The fraction of sp³-hybridized carbons (Fsp3) is 0.667. The zero-order chi connectivity index (χ0) is 10.1. The van der Waals surface area contributed by atoms with E-state index in [1.807, 2.05) is 4.90 Å². The molecule has 1 unspecified atom stereocenters. The van der Waals surface area contributed by atoms with Crippen LogP contribution in [0.1, 0.15) is 31.0 Å². The molecule has 1 aromatic heterocycles. The quantitative estimate of drug-likeness (QED) is 0.662. The highest BCUT2D eigenvalue weighted by Crippen LogP contribution is 2.25. The zero-order valence-electron chi connectivity index (χ0n) is 8.36. The van der Waals surface area contributed by atoms with Gasteiger partial charge in [-0.15, -0.1) is 0 Å². The van der Waals surface area contributed by atoms with E-state index in [1.54, 1.807) is 13.8 Å². The lowest BCUT2D eigenvalue weighted by Crippen LogP contribution is -2.25. The summed E-state index contributed by atoms with van der Waals surface area (Å²) in [6.45, 7) is 4.88. The number of carbonyl (C=O) groups is 1. The summed E-state index contributed by atoms with van der Waals surface area (Å²) in [6, 6.07) is 0. The van der Waals surface area contributed by atoms with Crippen molar-refractivity contribution in [1.82, 2.24) is 15.0 Å². The largest absolute Gasteiger partial charge is 0.342 e. The molecule has 0 spiro atoms. The van der Waals surface area contributed by atoms with Crippen molar-refractivity contribution in [1.29, 1.82) is 0 Å². The van der Waals surface area contributed by atoms with Gasteiger partial charge in [0.05, 0.1) is 5.92 Å². The summed E-state index contributed by atoms with van der Waals surface area (Å²) < 4.78 is 5.08. The monoisotopic (exact) mass is 195 g/mol. The molecule has 0 aromatic carbocycles. The second kappa shape index (κ2) is 3.40. The molecule has 14 heavy (non-hydrogen) atoms. The van der Waals surface area contributed by atoms with Crippen molar-refractivity contribution in [2.45, 2.75) is 26.2 Å². The molecule has 2 rings (SSSR count). The van der Waals surface area contributed by atoms with Crippen LogP contribution in [0.2, 0.25) is 0 Å². The Labute approximate surface area is 82.1 Å². The number of amides is 1. The summed E-state index contributed by atoms with van der Waals surface area (Å²) in [5.41, 5.74) is 0. The molecule has 1 atom stereocenters. The van der Waals surface area contributed by atoms with E-state index in [1.165, 1.54) is 0 Å². The molecule has 0 aliphatic carbocycles. The number of hydrogen-bond acceptors (Lipinski definition) is 4. The van der Waals surface area contributed by atoms with Gasteiger partial charge in [0, 0.05) is 20.0 Å². The average molecular weight is 195 g/mol. The number of aromatic nitrogens is 2. The molecule has 1 aliphatic rings. The molecule has 1 aliphatic heterocycles. The maximum absolute atomic E-state index is 11.1.